The predicted molar refractivity (Wildman–Crippen MR) is 121 cm³/mol. The molecule has 1 saturated carbocycles. The summed E-state index contributed by atoms with van der Waals surface area (Å²) >= 11 is 0. The van der Waals surface area contributed by atoms with Gasteiger partial charge in [-0.2, -0.15) is 5.10 Å². The summed E-state index contributed by atoms with van der Waals surface area (Å²) in [6.07, 6.45) is 6.56. The topological polar surface area (TPSA) is 76.2 Å². The van der Waals surface area contributed by atoms with Gasteiger partial charge in [-0.05, 0) is 30.9 Å². The van der Waals surface area contributed by atoms with Crippen molar-refractivity contribution in [2.75, 3.05) is 31.5 Å². The van der Waals surface area contributed by atoms with Gasteiger partial charge in [-0.15, -0.1) is 24.8 Å². The van der Waals surface area contributed by atoms with Gasteiger partial charge >= 0.3 is 0 Å². The molecule has 2 aromatic rings. The average molecular weight is 440 g/mol. The molecule has 8 heteroatoms. The highest BCUT2D eigenvalue weighted by Crippen LogP contribution is 2.33. The van der Waals surface area contributed by atoms with E-state index in [1.807, 2.05) is 16.8 Å². The predicted octanol–water partition coefficient (Wildman–Crippen LogP) is 3.45. The third-order valence-electron chi connectivity index (χ3n) is 6.02. The van der Waals surface area contributed by atoms with Crippen molar-refractivity contribution in [3.63, 3.8) is 0 Å². The molecule has 1 aromatic heterocycles. The fourth-order valence-corrected chi connectivity index (χ4v) is 4.64. The second-order valence-electron chi connectivity index (χ2n) is 7.85. The largest absolute Gasteiger partial charge is 0.330 e. The lowest BCUT2D eigenvalue weighted by Gasteiger charge is -2.18. The number of anilines is 1. The zero-order chi connectivity index (χ0) is 18.6. The van der Waals surface area contributed by atoms with Crippen LogP contribution in [0.1, 0.15) is 43.2 Å². The summed E-state index contributed by atoms with van der Waals surface area (Å²) in [5, 5.41) is 7.50. The van der Waals surface area contributed by atoms with Crippen LogP contribution in [0.15, 0.2) is 42.6 Å². The van der Waals surface area contributed by atoms with Crippen molar-refractivity contribution >= 4 is 36.5 Å². The molecule has 1 aliphatic heterocycles. The molecule has 160 valence electrons. The average Bonchev–Trinajstić information content (AvgIpc) is 3.42. The third kappa shape index (κ3) is 5.51. The zero-order valence-corrected chi connectivity index (χ0v) is 18.2. The van der Waals surface area contributed by atoms with Gasteiger partial charge in [-0.1, -0.05) is 43.2 Å². The molecule has 3 N–H and O–H groups in total. The van der Waals surface area contributed by atoms with Gasteiger partial charge in [-0.3, -0.25) is 9.69 Å². The Balaban J connectivity index is 0.00000150. The fraction of sp³-hybridized carbons (Fsp3) is 0.524. The van der Waals surface area contributed by atoms with E-state index in [0.717, 1.165) is 31.7 Å². The zero-order valence-electron chi connectivity index (χ0n) is 16.6. The molecule has 2 heterocycles. The van der Waals surface area contributed by atoms with E-state index in [2.05, 4.69) is 39.6 Å². The number of halogens is 2. The van der Waals surface area contributed by atoms with Crippen LogP contribution in [0.4, 0.5) is 5.82 Å². The number of nitrogens with one attached hydrogen (secondary N) is 1. The molecule has 0 radical (unpaired) electrons. The van der Waals surface area contributed by atoms with Crippen LogP contribution in [0.2, 0.25) is 0 Å². The highest BCUT2D eigenvalue weighted by Gasteiger charge is 2.33. The lowest BCUT2D eigenvalue weighted by Crippen LogP contribution is -2.33. The summed E-state index contributed by atoms with van der Waals surface area (Å²) in [6.45, 7) is 2.79. The van der Waals surface area contributed by atoms with Gasteiger partial charge in [0.05, 0.1) is 18.8 Å². The maximum absolute atomic E-state index is 12.6. The number of likely N-dealkylation sites (tertiary alicyclic amines) is 1. The number of rotatable bonds is 6. The van der Waals surface area contributed by atoms with Gasteiger partial charge in [0, 0.05) is 25.1 Å². The van der Waals surface area contributed by atoms with Gasteiger partial charge in [0.15, 0.2) is 0 Å². The standard InChI is InChI=1S/C21H29N5O.2ClH/c22-12-17-13-25(14-19(17)16-6-2-1-3-7-16)15-21(27)24-20-10-11-23-26(20)18-8-4-5-9-18;;/h1-3,6-7,10-11,17-19H,4-5,8-9,12-15,22H2,(H,24,27);2*1H/t17-,19+;;/m1../s1. The summed E-state index contributed by atoms with van der Waals surface area (Å²) < 4.78 is 1.99. The Kier molecular flexibility index (Phi) is 8.96. The van der Waals surface area contributed by atoms with Gasteiger partial charge < -0.3 is 11.1 Å². The van der Waals surface area contributed by atoms with E-state index >= 15 is 0 Å². The molecule has 0 spiro atoms. The quantitative estimate of drug-likeness (QED) is 0.722. The number of aromatic nitrogens is 2. The van der Waals surface area contributed by atoms with Crippen molar-refractivity contribution in [1.82, 2.24) is 14.7 Å². The molecule has 1 aliphatic carbocycles. The fourth-order valence-electron chi connectivity index (χ4n) is 4.64. The van der Waals surface area contributed by atoms with E-state index in [4.69, 9.17) is 5.73 Å². The van der Waals surface area contributed by atoms with Crippen molar-refractivity contribution in [3.8, 4) is 0 Å². The molecule has 1 amide bonds. The molecule has 4 rings (SSSR count). The molecule has 6 nitrogen and oxygen atoms in total. The lowest BCUT2D eigenvalue weighted by molar-refractivity contribution is -0.117. The minimum absolute atomic E-state index is 0. The van der Waals surface area contributed by atoms with Gasteiger partial charge in [0.2, 0.25) is 5.91 Å². The smallest absolute Gasteiger partial charge is 0.239 e. The molecule has 2 aliphatic rings. The first-order valence-electron chi connectivity index (χ1n) is 10.1. The van der Waals surface area contributed by atoms with Crippen LogP contribution in [0.25, 0.3) is 0 Å². The van der Waals surface area contributed by atoms with Gasteiger partial charge in [-0.25, -0.2) is 4.68 Å². The number of carbonyl (C=O) groups is 1. The Labute approximate surface area is 185 Å². The molecule has 2 atom stereocenters. The van der Waals surface area contributed by atoms with Crippen LogP contribution in [-0.2, 0) is 4.79 Å². The molecule has 0 unspecified atom stereocenters. The van der Waals surface area contributed by atoms with Crippen molar-refractivity contribution in [1.29, 1.82) is 0 Å². The first kappa shape index (κ1) is 23.7. The van der Waals surface area contributed by atoms with Crippen LogP contribution in [0.5, 0.6) is 0 Å². The second kappa shape index (κ2) is 11.0. The summed E-state index contributed by atoms with van der Waals surface area (Å²) in [5.74, 6) is 1.64. The summed E-state index contributed by atoms with van der Waals surface area (Å²) in [7, 11) is 0. The molecule has 1 saturated heterocycles. The molecular formula is C21H31Cl2N5O. The van der Waals surface area contributed by atoms with Gasteiger partial charge in [0.1, 0.15) is 5.82 Å². The number of amides is 1. The normalized spacial score (nSPS) is 22.1. The number of nitrogens with zero attached hydrogens (tertiary/aromatic N) is 3. The highest BCUT2D eigenvalue weighted by molar-refractivity contribution is 5.91. The Bertz CT molecular complexity index is 763. The monoisotopic (exact) mass is 439 g/mol. The molecule has 2 fully saturated rings. The SMILES string of the molecule is Cl.Cl.NC[C@@H]1CN(CC(=O)Nc2ccnn2C2CCCC2)C[C@H]1c1ccccc1. The van der Waals surface area contributed by atoms with Crippen molar-refractivity contribution in [2.24, 2.45) is 11.7 Å². The Morgan fingerprint density at radius 3 is 2.52 bits per heavy atom. The van der Waals surface area contributed by atoms with Crippen molar-refractivity contribution in [2.45, 2.75) is 37.6 Å². The van der Waals surface area contributed by atoms with E-state index in [0.29, 0.717) is 31.0 Å². The second-order valence-corrected chi connectivity index (χ2v) is 7.85. The minimum Gasteiger partial charge on any atom is -0.330 e. The van der Waals surface area contributed by atoms with Crippen molar-refractivity contribution < 1.29 is 4.79 Å². The number of hydrogen-bond acceptors (Lipinski definition) is 4. The number of nitrogens with two attached hydrogens (primary N) is 1. The first-order chi connectivity index (χ1) is 13.2. The van der Waals surface area contributed by atoms with Crippen LogP contribution in [0.3, 0.4) is 0 Å². The summed E-state index contributed by atoms with van der Waals surface area (Å²) in [5.41, 5.74) is 7.33. The number of carbonyl (C=O) groups excluding carboxylic acids is 1. The third-order valence-corrected chi connectivity index (χ3v) is 6.02. The van der Waals surface area contributed by atoms with Crippen LogP contribution in [0, 0.1) is 5.92 Å². The first-order valence-corrected chi connectivity index (χ1v) is 10.1. The number of benzene rings is 1. The minimum atomic E-state index is 0. The van der Waals surface area contributed by atoms with E-state index < -0.39 is 0 Å². The van der Waals surface area contributed by atoms with E-state index in [9.17, 15) is 4.79 Å². The Morgan fingerprint density at radius 2 is 1.83 bits per heavy atom. The van der Waals surface area contributed by atoms with E-state index in [1.165, 1.54) is 18.4 Å². The molecular weight excluding hydrogens is 409 g/mol. The molecule has 1 aromatic carbocycles. The van der Waals surface area contributed by atoms with Crippen LogP contribution in [-0.4, -0.2) is 46.8 Å². The molecule has 0 bridgehead atoms. The maximum atomic E-state index is 12.6. The van der Waals surface area contributed by atoms with Crippen LogP contribution >= 0.6 is 24.8 Å². The summed E-state index contributed by atoms with van der Waals surface area (Å²) in [4.78, 5) is 14.9. The number of hydrogen-bond donors (Lipinski definition) is 2. The molecule has 29 heavy (non-hydrogen) atoms. The maximum Gasteiger partial charge on any atom is 0.239 e. The Hall–Kier alpha value is -1.60. The Morgan fingerprint density at radius 1 is 1.10 bits per heavy atom. The highest BCUT2D eigenvalue weighted by atomic mass is 35.5. The lowest BCUT2D eigenvalue weighted by atomic mass is 9.89. The van der Waals surface area contributed by atoms with E-state index in [-0.39, 0.29) is 30.7 Å². The van der Waals surface area contributed by atoms with Crippen LogP contribution < -0.4 is 11.1 Å². The van der Waals surface area contributed by atoms with Gasteiger partial charge in [0.25, 0.3) is 0 Å². The van der Waals surface area contributed by atoms with Crippen molar-refractivity contribution in [3.05, 3.63) is 48.2 Å². The van der Waals surface area contributed by atoms with E-state index in [1.54, 1.807) is 6.20 Å². The summed E-state index contributed by atoms with van der Waals surface area (Å²) in [6, 6.07) is 12.8.